The molecule has 0 aliphatic carbocycles. The molecule has 1 aliphatic heterocycles. The van der Waals surface area contributed by atoms with Crippen LogP contribution in [0.1, 0.15) is 30.3 Å². The van der Waals surface area contributed by atoms with Crippen molar-refractivity contribution in [3.63, 3.8) is 0 Å². The molecule has 15 heavy (non-hydrogen) atoms. The molecule has 0 aromatic carbocycles. The number of hydrogen-bond acceptors (Lipinski definition) is 3. The average molecular weight is 206 g/mol. The Morgan fingerprint density at radius 1 is 1.80 bits per heavy atom. The number of aromatic nitrogens is 1. The molecule has 0 saturated carbocycles. The van der Waals surface area contributed by atoms with Gasteiger partial charge in [-0.1, -0.05) is 11.7 Å². The van der Waals surface area contributed by atoms with Gasteiger partial charge in [-0.3, -0.25) is 4.79 Å². The van der Waals surface area contributed by atoms with E-state index in [1.54, 1.807) is 4.90 Å². The maximum Gasteiger partial charge on any atom is 0.246 e. The summed E-state index contributed by atoms with van der Waals surface area (Å²) >= 11 is 0. The third kappa shape index (κ3) is 1.79. The molecule has 1 saturated heterocycles. The highest BCUT2D eigenvalue weighted by Crippen LogP contribution is 2.32. The van der Waals surface area contributed by atoms with Crippen LogP contribution in [-0.4, -0.2) is 22.5 Å². The van der Waals surface area contributed by atoms with E-state index in [1.807, 2.05) is 13.0 Å². The number of amides is 1. The summed E-state index contributed by atoms with van der Waals surface area (Å²) in [6.07, 6.45) is 3.29. The molecular weight excluding hydrogens is 192 g/mol. The summed E-state index contributed by atoms with van der Waals surface area (Å²) in [4.78, 5) is 13.3. The Labute approximate surface area is 88.5 Å². The first kappa shape index (κ1) is 9.96. The highest BCUT2D eigenvalue weighted by atomic mass is 16.5. The van der Waals surface area contributed by atoms with Gasteiger partial charge in [0, 0.05) is 12.6 Å². The molecule has 1 fully saturated rings. The molecular formula is C11H14N2O2. The third-order valence-corrected chi connectivity index (χ3v) is 2.69. The zero-order valence-corrected chi connectivity index (χ0v) is 8.77. The van der Waals surface area contributed by atoms with Crippen molar-refractivity contribution in [3.8, 4) is 0 Å². The summed E-state index contributed by atoms with van der Waals surface area (Å²) < 4.78 is 5.19. The van der Waals surface area contributed by atoms with Gasteiger partial charge >= 0.3 is 0 Å². The summed E-state index contributed by atoms with van der Waals surface area (Å²) in [5.41, 5.74) is 0.850. The third-order valence-electron chi connectivity index (χ3n) is 2.69. The second-order valence-corrected chi connectivity index (χ2v) is 3.76. The van der Waals surface area contributed by atoms with Crippen molar-refractivity contribution in [1.29, 1.82) is 0 Å². The predicted octanol–water partition coefficient (Wildman–Crippen LogP) is 1.83. The van der Waals surface area contributed by atoms with E-state index in [0.29, 0.717) is 0 Å². The summed E-state index contributed by atoms with van der Waals surface area (Å²) in [5, 5.41) is 3.84. The molecule has 0 unspecified atom stereocenters. The van der Waals surface area contributed by atoms with Crippen molar-refractivity contribution in [3.05, 3.63) is 30.2 Å². The van der Waals surface area contributed by atoms with E-state index in [4.69, 9.17) is 4.52 Å². The Kier molecular flexibility index (Phi) is 2.58. The van der Waals surface area contributed by atoms with E-state index in [0.717, 1.165) is 30.8 Å². The zero-order valence-electron chi connectivity index (χ0n) is 8.77. The monoisotopic (exact) mass is 206 g/mol. The smallest absolute Gasteiger partial charge is 0.246 e. The van der Waals surface area contributed by atoms with E-state index in [2.05, 4.69) is 11.7 Å². The lowest BCUT2D eigenvalue weighted by atomic mass is 10.1. The van der Waals surface area contributed by atoms with E-state index >= 15 is 0 Å². The number of rotatable bonds is 2. The van der Waals surface area contributed by atoms with Crippen LogP contribution in [0.5, 0.6) is 0 Å². The topological polar surface area (TPSA) is 46.3 Å². The second kappa shape index (κ2) is 3.88. The normalized spacial score (nSPS) is 20.6. The molecule has 0 spiro atoms. The van der Waals surface area contributed by atoms with Gasteiger partial charge in [-0.25, -0.2) is 0 Å². The lowest BCUT2D eigenvalue weighted by Crippen LogP contribution is -2.28. The van der Waals surface area contributed by atoms with Crippen molar-refractivity contribution in [2.24, 2.45) is 0 Å². The Hall–Kier alpha value is -1.58. The minimum absolute atomic E-state index is 0.0356. The highest BCUT2D eigenvalue weighted by Gasteiger charge is 2.31. The average Bonchev–Trinajstić information content (AvgIpc) is 2.84. The van der Waals surface area contributed by atoms with Crippen molar-refractivity contribution >= 4 is 5.91 Å². The molecule has 80 valence electrons. The van der Waals surface area contributed by atoms with E-state index in [1.165, 1.54) is 6.08 Å². The fourth-order valence-corrected chi connectivity index (χ4v) is 1.98. The molecule has 0 N–H and O–H groups in total. The molecule has 4 nitrogen and oxygen atoms in total. The Balaban J connectivity index is 2.21. The predicted molar refractivity (Wildman–Crippen MR) is 55.1 cm³/mol. The fraction of sp³-hybridized carbons (Fsp3) is 0.455. The van der Waals surface area contributed by atoms with Crippen LogP contribution in [0.25, 0.3) is 0 Å². The van der Waals surface area contributed by atoms with E-state index < -0.39 is 0 Å². The van der Waals surface area contributed by atoms with Gasteiger partial charge < -0.3 is 9.42 Å². The van der Waals surface area contributed by atoms with Gasteiger partial charge in [0.05, 0.1) is 11.7 Å². The molecule has 0 radical (unpaired) electrons. The first-order valence-corrected chi connectivity index (χ1v) is 5.08. The van der Waals surface area contributed by atoms with Gasteiger partial charge in [-0.15, -0.1) is 0 Å². The van der Waals surface area contributed by atoms with Crippen molar-refractivity contribution in [1.82, 2.24) is 10.1 Å². The van der Waals surface area contributed by atoms with Crippen LogP contribution in [0.2, 0.25) is 0 Å². The molecule has 2 heterocycles. The number of nitrogens with zero attached hydrogens (tertiary/aromatic N) is 2. The SMILES string of the molecule is C=CC(=O)N1CCC[C@H]1c1cc(C)no1. The van der Waals surface area contributed by atoms with Crippen LogP contribution in [0.3, 0.4) is 0 Å². The molecule has 4 heteroatoms. The maximum absolute atomic E-state index is 11.6. The molecule has 1 aromatic heterocycles. The molecule has 0 bridgehead atoms. The van der Waals surface area contributed by atoms with E-state index in [9.17, 15) is 4.79 Å². The Bertz CT molecular complexity index is 384. The minimum Gasteiger partial charge on any atom is -0.359 e. The Morgan fingerprint density at radius 2 is 2.60 bits per heavy atom. The largest absolute Gasteiger partial charge is 0.359 e. The second-order valence-electron chi connectivity index (χ2n) is 3.76. The quantitative estimate of drug-likeness (QED) is 0.693. The van der Waals surface area contributed by atoms with Gasteiger partial charge in [0.1, 0.15) is 0 Å². The Morgan fingerprint density at radius 3 is 3.20 bits per heavy atom. The van der Waals surface area contributed by atoms with Gasteiger partial charge in [0.2, 0.25) is 5.91 Å². The number of aryl methyl sites for hydroxylation is 1. The van der Waals surface area contributed by atoms with Crippen LogP contribution in [0, 0.1) is 6.92 Å². The van der Waals surface area contributed by atoms with Gasteiger partial charge in [-0.2, -0.15) is 0 Å². The number of carbonyl (C=O) groups is 1. The lowest BCUT2D eigenvalue weighted by molar-refractivity contribution is -0.127. The first-order chi connectivity index (χ1) is 7.22. The summed E-state index contributed by atoms with van der Waals surface area (Å²) in [7, 11) is 0. The van der Waals surface area contributed by atoms with Crippen LogP contribution in [-0.2, 0) is 4.79 Å². The summed E-state index contributed by atoms with van der Waals surface area (Å²) in [5.74, 6) is 0.742. The minimum atomic E-state index is -0.0356. The highest BCUT2D eigenvalue weighted by molar-refractivity contribution is 5.87. The molecule has 1 atom stereocenters. The van der Waals surface area contributed by atoms with Crippen LogP contribution >= 0.6 is 0 Å². The summed E-state index contributed by atoms with van der Waals surface area (Å²) in [6.45, 7) is 6.15. The molecule has 1 aromatic rings. The molecule has 2 rings (SSSR count). The van der Waals surface area contributed by atoms with Gasteiger partial charge in [0.15, 0.2) is 5.76 Å². The number of carbonyl (C=O) groups excluding carboxylic acids is 1. The number of hydrogen-bond donors (Lipinski definition) is 0. The van der Waals surface area contributed by atoms with Crippen molar-refractivity contribution in [2.45, 2.75) is 25.8 Å². The van der Waals surface area contributed by atoms with Gasteiger partial charge in [0.25, 0.3) is 0 Å². The first-order valence-electron chi connectivity index (χ1n) is 5.08. The summed E-state index contributed by atoms with van der Waals surface area (Å²) in [6, 6.07) is 1.93. The lowest BCUT2D eigenvalue weighted by Gasteiger charge is -2.20. The van der Waals surface area contributed by atoms with Crippen LogP contribution in [0.15, 0.2) is 23.2 Å². The fourth-order valence-electron chi connectivity index (χ4n) is 1.98. The molecule has 1 amide bonds. The molecule has 1 aliphatic rings. The number of likely N-dealkylation sites (tertiary alicyclic amines) is 1. The van der Waals surface area contributed by atoms with Crippen LogP contribution in [0.4, 0.5) is 0 Å². The van der Waals surface area contributed by atoms with Crippen LogP contribution < -0.4 is 0 Å². The standard InChI is InChI=1S/C11H14N2O2/c1-3-11(14)13-6-4-5-9(13)10-7-8(2)12-15-10/h3,7,9H,1,4-6H2,2H3/t9-/m0/s1. The van der Waals surface area contributed by atoms with Crippen molar-refractivity contribution < 1.29 is 9.32 Å². The van der Waals surface area contributed by atoms with E-state index in [-0.39, 0.29) is 11.9 Å². The zero-order chi connectivity index (χ0) is 10.8. The maximum atomic E-state index is 11.6. The van der Waals surface area contributed by atoms with Crippen molar-refractivity contribution in [2.75, 3.05) is 6.54 Å². The van der Waals surface area contributed by atoms with Gasteiger partial charge in [-0.05, 0) is 25.8 Å².